The van der Waals surface area contributed by atoms with Gasteiger partial charge in [-0.2, -0.15) is 4.31 Å². The molecule has 1 aromatic carbocycles. The fraction of sp³-hybridized carbons (Fsp3) is 0.333. The minimum Gasteiger partial charge on any atom is -0.302 e. The van der Waals surface area contributed by atoms with Crippen LogP contribution in [0.25, 0.3) is 11.3 Å². The molecule has 6 nitrogen and oxygen atoms in total. The molecule has 0 spiro atoms. The first-order chi connectivity index (χ1) is 14.3. The van der Waals surface area contributed by atoms with Crippen molar-refractivity contribution in [3.05, 3.63) is 52.2 Å². The lowest BCUT2D eigenvalue weighted by atomic mass is 9.97. The van der Waals surface area contributed by atoms with Crippen molar-refractivity contribution in [2.24, 2.45) is 5.92 Å². The number of aromatic nitrogens is 1. The Morgan fingerprint density at radius 1 is 1.13 bits per heavy atom. The van der Waals surface area contributed by atoms with Gasteiger partial charge in [0.1, 0.15) is 4.21 Å². The average Bonchev–Trinajstić information content (AvgIpc) is 3.43. The fourth-order valence-corrected chi connectivity index (χ4v) is 6.80. The summed E-state index contributed by atoms with van der Waals surface area (Å²) < 4.78 is 27.1. The van der Waals surface area contributed by atoms with Gasteiger partial charge >= 0.3 is 0 Å². The number of nitrogens with zero attached hydrogens (tertiary/aromatic N) is 2. The molecule has 4 rings (SSSR count). The van der Waals surface area contributed by atoms with Crippen LogP contribution in [0.15, 0.2) is 45.3 Å². The lowest BCUT2D eigenvalue weighted by Crippen LogP contribution is -2.41. The highest BCUT2D eigenvalue weighted by atomic mass is 32.2. The number of carbonyl (C=O) groups excluding carboxylic acids is 1. The molecular weight excluding hydrogens is 438 g/mol. The first-order valence-corrected chi connectivity index (χ1v) is 12.9. The van der Waals surface area contributed by atoms with E-state index in [1.54, 1.807) is 17.5 Å². The highest BCUT2D eigenvalue weighted by Gasteiger charge is 2.32. The van der Waals surface area contributed by atoms with Gasteiger partial charge in [0.2, 0.25) is 5.91 Å². The van der Waals surface area contributed by atoms with Crippen molar-refractivity contribution in [1.82, 2.24) is 9.29 Å². The van der Waals surface area contributed by atoms with E-state index in [2.05, 4.69) is 36.3 Å². The lowest BCUT2D eigenvalue weighted by Gasteiger charge is -2.29. The number of piperidine rings is 1. The number of anilines is 1. The molecule has 1 aliphatic heterocycles. The van der Waals surface area contributed by atoms with Crippen molar-refractivity contribution in [2.45, 2.75) is 30.9 Å². The molecule has 2 aromatic heterocycles. The molecule has 0 bridgehead atoms. The molecule has 3 aromatic rings. The Labute approximate surface area is 184 Å². The molecule has 1 N–H and O–H groups in total. The molecule has 0 atom stereocenters. The lowest BCUT2D eigenvalue weighted by molar-refractivity contribution is -0.120. The van der Waals surface area contributed by atoms with Gasteiger partial charge in [-0.1, -0.05) is 18.2 Å². The number of sulfonamides is 1. The third-order valence-electron chi connectivity index (χ3n) is 5.45. The standard InChI is InChI=1S/C21H23N3O3S3/c1-14-5-6-17(12-15(14)2)18-13-29-21(22-18)23-20(25)16-7-9-24(10-8-16)30(26,27)19-4-3-11-28-19/h3-6,11-13,16H,7-10H2,1-2H3,(H,22,23,25). The van der Waals surface area contributed by atoms with Gasteiger partial charge in [0, 0.05) is 30.0 Å². The summed E-state index contributed by atoms with van der Waals surface area (Å²) in [7, 11) is -3.45. The van der Waals surface area contributed by atoms with Crippen LogP contribution in [0.2, 0.25) is 0 Å². The molecule has 1 saturated heterocycles. The fourth-order valence-electron chi connectivity index (χ4n) is 3.47. The molecule has 1 fully saturated rings. The van der Waals surface area contributed by atoms with Crippen LogP contribution in [0, 0.1) is 19.8 Å². The Hall–Kier alpha value is -2.07. The minimum atomic E-state index is -3.45. The zero-order valence-corrected chi connectivity index (χ0v) is 19.2. The van der Waals surface area contributed by atoms with Crippen molar-refractivity contribution in [1.29, 1.82) is 0 Å². The molecule has 158 valence electrons. The molecule has 30 heavy (non-hydrogen) atoms. The molecule has 1 aliphatic rings. The summed E-state index contributed by atoms with van der Waals surface area (Å²) in [6.07, 6.45) is 1.01. The Morgan fingerprint density at radius 3 is 2.57 bits per heavy atom. The summed E-state index contributed by atoms with van der Waals surface area (Å²) >= 11 is 2.62. The van der Waals surface area contributed by atoms with Crippen molar-refractivity contribution >= 4 is 43.7 Å². The third kappa shape index (κ3) is 4.34. The number of thiophene rings is 1. The SMILES string of the molecule is Cc1ccc(-c2csc(NC(=O)C3CCN(S(=O)(=O)c4cccs4)CC3)n2)cc1C. The number of hydrogen-bond acceptors (Lipinski definition) is 6. The normalized spacial score (nSPS) is 15.9. The van der Waals surface area contributed by atoms with Gasteiger partial charge < -0.3 is 5.32 Å². The number of rotatable bonds is 5. The van der Waals surface area contributed by atoms with Crippen molar-refractivity contribution in [3.63, 3.8) is 0 Å². The van der Waals surface area contributed by atoms with Crippen LogP contribution in [0.1, 0.15) is 24.0 Å². The van der Waals surface area contributed by atoms with Gasteiger partial charge in [-0.15, -0.1) is 22.7 Å². The first-order valence-electron chi connectivity index (χ1n) is 9.72. The van der Waals surface area contributed by atoms with Crippen LogP contribution in [0.3, 0.4) is 0 Å². The minimum absolute atomic E-state index is 0.0934. The second-order valence-electron chi connectivity index (χ2n) is 7.44. The molecule has 3 heterocycles. The summed E-state index contributed by atoms with van der Waals surface area (Å²) in [4.78, 5) is 17.2. The number of carbonyl (C=O) groups is 1. The van der Waals surface area contributed by atoms with E-state index >= 15 is 0 Å². The van der Waals surface area contributed by atoms with Crippen molar-refractivity contribution in [2.75, 3.05) is 18.4 Å². The quantitative estimate of drug-likeness (QED) is 0.606. The number of nitrogens with one attached hydrogen (secondary N) is 1. The molecule has 0 aliphatic carbocycles. The molecule has 9 heteroatoms. The monoisotopic (exact) mass is 461 g/mol. The Bertz CT molecular complexity index is 1150. The van der Waals surface area contributed by atoms with Crippen LogP contribution < -0.4 is 5.32 Å². The summed E-state index contributed by atoms with van der Waals surface area (Å²) in [5, 5.41) is 7.18. The zero-order valence-electron chi connectivity index (χ0n) is 16.8. The largest absolute Gasteiger partial charge is 0.302 e. The third-order valence-corrected chi connectivity index (χ3v) is 9.48. The van der Waals surface area contributed by atoms with Crippen molar-refractivity contribution in [3.8, 4) is 11.3 Å². The number of benzene rings is 1. The van der Waals surface area contributed by atoms with Gasteiger partial charge in [0.05, 0.1) is 5.69 Å². The van der Waals surface area contributed by atoms with E-state index in [9.17, 15) is 13.2 Å². The summed E-state index contributed by atoms with van der Waals surface area (Å²) in [6.45, 7) is 4.84. The summed E-state index contributed by atoms with van der Waals surface area (Å²) in [5.74, 6) is -0.307. The number of amides is 1. The predicted octanol–water partition coefficient (Wildman–Crippen LogP) is 4.53. The number of thiazole rings is 1. The Morgan fingerprint density at radius 2 is 1.90 bits per heavy atom. The maximum Gasteiger partial charge on any atom is 0.252 e. The molecule has 0 unspecified atom stereocenters. The van der Waals surface area contributed by atoms with Crippen LogP contribution in [-0.2, 0) is 14.8 Å². The topological polar surface area (TPSA) is 79.4 Å². The van der Waals surface area contributed by atoms with Crippen LogP contribution >= 0.6 is 22.7 Å². The van der Waals surface area contributed by atoms with Gasteiger partial charge in [-0.05, 0) is 55.3 Å². The number of hydrogen-bond donors (Lipinski definition) is 1. The molecule has 0 radical (unpaired) electrons. The van der Waals surface area contributed by atoms with E-state index in [1.165, 1.54) is 38.1 Å². The van der Waals surface area contributed by atoms with Gasteiger partial charge in [-0.25, -0.2) is 13.4 Å². The van der Waals surface area contributed by atoms with Crippen LogP contribution in [-0.4, -0.2) is 36.7 Å². The summed E-state index contributed by atoms with van der Waals surface area (Å²) in [5.41, 5.74) is 4.31. The molecule has 0 saturated carbocycles. The Balaban J connectivity index is 1.36. The zero-order chi connectivity index (χ0) is 21.3. The average molecular weight is 462 g/mol. The van der Waals surface area contributed by atoms with Crippen molar-refractivity contribution < 1.29 is 13.2 Å². The van der Waals surface area contributed by atoms with E-state index in [0.29, 0.717) is 35.3 Å². The van der Waals surface area contributed by atoms with E-state index in [-0.39, 0.29) is 11.8 Å². The van der Waals surface area contributed by atoms with E-state index in [4.69, 9.17) is 0 Å². The highest BCUT2D eigenvalue weighted by molar-refractivity contribution is 7.91. The highest BCUT2D eigenvalue weighted by Crippen LogP contribution is 2.29. The Kier molecular flexibility index (Phi) is 6.06. The first kappa shape index (κ1) is 21.2. The predicted molar refractivity (Wildman–Crippen MR) is 121 cm³/mol. The van der Waals surface area contributed by atoms with Gasteiger partial charge in [0.15, 0.2) is 5.13 Å². The van der Waals surface area contributed by atoms with Gasteiger partial charge in [0.25, 0.3) is 10.0 Å². The van der Waals surface area contributed by atoms with E-state index in [0.717, 1.165) is 11.3 Å². The second kappa shape index (κ2) is 8.58. The smallest absolute Gasteiger partial charge is 0.252 e. The molecular formula is C21H23N3O3S3. The second-order valence-corrected chi connectivity index (χ2v) is 11.4. The summed E-state index contributed by atoms with van der Waals surface area (Å²) in [6, 6.07) is 9.55. The van der Waals surface area contributed by atoms with Gasteiger partial charge in [-0.3, -0.25) is 4.79 Å². The maximum absolute atomic E-state index is 12.7. The maximum atomic E-state index is 12.7. The number of aryl methyl sites for hydroxylation is 2. The van der Waals surface area contributed by atoms with Crippen LogP contribution in [0.4, 0.5) is 5.13 Å². The van der Waals surface area contributed by atoms with E-state index < -0.39 is 10.0 Å². The van der Waals surface area contributed by atoms with Crippen LogP contribution in [0.5, 0.6) is 0 Å². The van der Waals surface area contributed by atoms with E-state index in [1.807, 2.05) is 11.4 Å². The molecule has 1 amide bonds.